The molecule has 0 N–H and O–H groups in total. The molecule has 0 aliphatic rings. The number of methoxy groups -OCH3 is 1. The van der Waals surface area contributed by atoms with Crippen LogP contribution in [0.1, 0.15) is 34.5 Å². The number of ether oxygens (including phenoxy) is 2. The molecular formula is C25H27NO3. The second-order valence-electron chi connectivity index (χ2n) is 7.18. The Balaban J connectivity index is 1.79. The second kappa shape index (κ2) is 9.39. The highest BCUT2D eigenvalue weighted by atomic mass is 16.5. The number of benzene rings is 3. The minimum Gasteiger partial charge on any atom is -0.496 e. The summed E-state index contributed by atoms with van der Waals surface area (Å²) in [7, 11) is 5.16. The van der Waals surface area contributed by atoms with Crippen molar-refractivity contribution in [3.63, 3.8) is 0 Å². The molecule has 1 amide bonds. The smallest absolute Gasteiger partial charge is 0.253 e. The maximum Gasteiger partial charge on any atom is 0.253 e. The van der Waals surface area contributed by atoms with E-state index in [1.165, 1.54) is 0 Å². The average molecular weight is 389 g/mol. The highest BCUT2D eigenvalue weighted by molar-refractivity contribution is 5.94. The highest BCUT2D eigenvalue weighted by Gasteiger charge is 2.12. The largest absolute Gasteiger partial charge is 0.496 e. The van der Waals surface area contributed by atoms with Gasteiger partial charge in [0.05, 0.1) is 19.8 Å². The van der Waals surface area contributed by atoms with Crippen molar-refractivity contribution in [3.8, 4) is 16.9 Å². The number of carbonyl (C=O) groups is 1. The zero-order valence-corrected chi connectivity index (χ0v) is 17.4. The van der Waals surface area contributed by atoms with Gasteiger partial charge in [-0.05, 0) is 47.9 Å². The number of rotatable bonds is 7. The van der Waals surface area contributed by atoms with Crippen LogP contribution in [0.3, 0.4) is 0 Å². The molecule has 0 spiro atoms. The van der Waals surface area contributed by atoms with Crippen LogP contribution >= 0.6 is 0 Å². The number of hydrogen-bond donors (Lipinski definition) is 0. The van der Waals surface area contributed by atoms with E-state index < -0.39 is 0 Å². The fourth-order valence-electron chi connectivity index (χ4n) is 3.16. The number of hydrogen-bond acceptors (Lipinski definition) is 3. The van der Waals surface area contributed by atoms with Crippen molar-refractivity contribution in [3.05, 3.63) is 89.5 Å². The van der Waals surface area contributed by atoms with Crippen molar-refractivity contribution in [1.29, 1.82) is 0 Å². The second-order valence-corrected chi connectivity index (χ2v) is 7.18. The lowest BCUT2D eigenvalue weighted by Gasteiger charge is -2.16. The Bertz CT molecular complexity index is 950. The first-order valence-electron chi connectivity index (χ1n) is 9.65. The van der Waals surface area contributed by atoms with Crippen molar-refractivity contribution >= 4 is 5.91 Å². The minimum absolute atomic E-state index is 0.0121. The molecule has 0 aromatic heterocycles. The van der Waals surface area contributed by atoms with Gasteiger partial charge in [0, 0.05) is 25.2 Å². The SMILES string of the molecule is COc1ccc(CO[C@H](C)c2ccccc2)cc1-c1ccc(C(=O)N(C)C)cc1. The molecular weight excluding hydrogens is 362 g/mol. The van der Waals surface area contributed by atoms with E-state index in [0.29, 0.717) is 12.2 Å². The average Bonchev–Trinajstić information content (AvgIpc) is 2.77. The molecule has 0 radical (unpaired) electrons. The van der Waals surface area contributed by atoms with Crippen molar-refractivity contribution in [2.24, 2.45) is 0 Å². The molecule has 150 valence electrons. The minimum atomic E-state index is -0.0134. The maximum absolute atomic E-state index is 12.1. The molecule has 4 nitrogen and oxygen atoms in total. The van der Waals surface area contributed by atoms with Crippen molar-refractivity contribution in [2.75, 3.05) is 21.2 Å². The Hall–Kier alpha value is -3.11. The molecule has 0 fully saturated rings. The van der Waals surface area contributed by atoms with Crippen molar-refractivity contribution in [2.45, 2.75) is 19.6 Å². The lowest BCUT2D eigenvalue weighted by atomic mass is 10.0. The first-order chi connectivity index (χ1) is 14.0. The summed E-state index contributed by atoms with van der Waals surface area (Å²) in [6.07, 6.45) is 0.0121. The van der Waals surface area contributed by atoms with E-state index in [9.17, 15) is 4.79 Å². The fraction of sp³-hybridized carbons (Fsp3) is 0.240. The van der Waals surface area contributed by atoms with E-state index in [-0.39, 0.29) is 12.0 Å². The number of nitrogens with zero attached hydrogens (tertiary/aromatic N) is 1. The van der Waals surface area contributed by atoms with Gasteiger partial charge in [-0.15, -0.1) is 0 Å². The van der Waals surface area contributed by atoms with Crippen LogP contribution in [0.2, 0.25) is 0 Å². The lowest BCUT2D eigenvalue weighted by Crippen LogP contribution is -2.21. The molecule has 0 aliphatic carbocycles. The van der Waals surface area contributed by atoms with Crippen LogP contribution < -0.4 is 4.74 Å². The van der Waals surface area contributed by atoms with Gasteiger partial charge in [-0.3, -0.25) is 4.79 Å². The quantitative estimate of drug-likeness (QED) is 0.547. The van der Waals surface area contributed by atoms with Gasteiger partial charge in [0.25, 0.3) is 5.91 Å². The third-order valence-corrected chi connectivity index (χ3v) is 4.88. The summed E-state index contributed by atoms with van der Waals surface area (Å²) in [5, 5.41) is 0. The van der Waals surface area contributed by atoms with Gasteiger partial charge in [0.15, 0.2) is 0 Å². The van der Waals surface area contributed by atoms with Gasteiger partial charge in [0.1, 0.15) is 5.75 Å². The summed E-state index contributed by atoms with van der Waals surface area (Å²) in [6, 6.07) is 23.8. The summed E-state index contributed by atoms with van der Waals surface area (Å²) >= 11 is 0. The standard InChI is InChI=1S/C25H27NO3/c1-18(20-8-6-5-7-9-20)29-17-19-10-15-24(28-4)23(16-19)21-11-13-22(14-12-21)25(27)26(2)3/h5-16,18H,17H2,1-4H3/t18-/m1/s1. The predicted octanol–water partition coefficient (Wildman–Crippen LogP) is 5.34. The molecule has 0 heterocycles. The monoisotopic (exact) mass is 389 g/mol. The molecule has 0 saturated carbocycles. The van der Waals surface area contributed by atoms with Gasteiger partial charge in [-0.2, -0.15) is 0 Å². The zero-order chi connectivity index (χ0) is 20.8. The van der Waals surface area contributed by atoms with Gasteiger partial charge in [0.2, 0.25) is 0 Å². The molecule has 0 aliphatic heterocycles. The summed E-state index contributed by atoms with van der Waals surface area (Å²) in [5.41, 5.74) is 4.85. The van der Waals surface area contributed by atoms with Crippen LogP contribution in [0.4, 0.5) is 0 Å². The van der Waals surface area contributed by atoms with Crippen LogP contribution in [-0.2, 0) is 11.3 Å². The lowest BCUT2D eigenvalue weighted by molar-refractivity contribution is 0.0525. The normalized spacial score (nSPS) is 11.7. The van der Waals surface area contributed by atoms with Crippen LogP contribution in [0.25, 0.3) is 11.1 Å². The maximum atomic E-state index is 12.1. The van der Waals surface area contributed by atoms with E-state index in [4.69, 9.17) is 9.47 Å². The first kappa shape index (κ1) is 20.6. The summed E-state index contributed by atoms with van der Waals surface area (Å²) in [6.45, 7) is 2.56. The molecule has 3 aromatic carbocycles. The van der Waals surface area contributed by atoms with Crippen molar-refractivity contribution < 1.29 is 14.3 Å². The summed E-state index contributed by atoms with van der Waals surface area (Å²) < 4.78 is 11.6. The Kier molecular flexibility index (Phi) is 6.68. The number of amides is 1. The summed E-state index contributed by atoms with van der Waals surface area (Å²) in [5.74, 6) is 0.775. The Labute approximate surface area is 172 Å². The topological polar surface area (TPSA) is 38.8 Å². The van der Waals surface area contributed by atoms with Crippen LogP contribution in [0.5, 0.6) is 5.75 Å². The van der Waals surface area contributed by atoms with E-state index in [1.807, 2.05) is 54.6 Å². The summed E-state index contributed by atoms with van der Waals surface area (Å²) in [4.78, 5) is 13.7. The van der Waals surface area contributed by atoms with Gasteiger partial charge in [-0.25, -0.2) is 0 Å². The fourth-order valence-corrected chi connectivity index (χ4v) is 3.16. The Morgan fingerprint density at radius 3 is 2.28 bits per heavy atom. The highest BCUT2D eigenvalue weighted by Crippen LogP contribution is 2.32. The van der Waals surface area contributed by atoms with Crippen molar-refractivity contribution in [1.82, 2.24) is 4.90 Å². The molecule has 29 heavy (non-hydrogen) atoms. The van der Waals surface area contributed by atoms with Gasteiger partial charge >= 0.3 is 0 Å². The molecule has 1 atom stereocenters. The first-order valence-corrected chi connectivity index (χ1v) is 9.65. The van der Waals surface area contributed by atoms with Crippen LogP contribution in [0, 0.1) is 0 Å². The third kappa shape index (κ3) is 5.04. The predicted molar refractivity (Wildman–Crippen MR) is 116 cm³/mol. The van der Waals surface area contributed by atoms with Crippen LogP contribution in [-0.4, -0.2) is 32.0 Å². The van der Waals surface area contributed by atoms with E-state index in [0.717, 1.165) is 28.0 Å². The Morgan fingerprint density at radius 2 is 1.66 bits per heavy atom. The van der Waals surface area contributed by atoms with E-state index >= 15 is 0 Å². The molecule has 3 aromatic rings. The third-order valence-electron chi connectivity index (χ3n) is 4.88. The molecule has 3 rings (SSSR count). The van der Waals surface area contributed by atoms with E-state index in [1.54, 1.807) is 26.1 Å². The zero-order valence-electron chi connectivity index (χ0n) is 17.4. The number of carbonyl (C=O) groups excluding carboxylic acids is 1. The molecule has 0 unspecified atom stereocenters. The van der Waals surface area contributed by atoms with E-state index in [2.05, 4.69) is 25.1 Å². The van der Waals surface area contributed by atoms with Crippen LogP contribution in [0.15, 0.2) is 72.8 Å². The molecule has 0 saturated heterocycles. The molecule has 4 heteroatoms. The van der Waals surface area contributed by atoms with Gasteiger partial charge in [-0.1, -0.05) is 48.5 Å². The van der Waals surface area contributed by atoms with Gasteiger partial charge < -0.3 is 14.4 Å². The Morgan fingerprint density at radius 1 is 0.966 bits per heavy atom. The molecule has 0 bridgehead atoms.